The van der Waals surface area contributed by atoms with Crippen LogP contribution in [0.5, 0.6) is 0 Å². The fourth-order valence-electron chi connectivity index (χ4n) is 2.29. The fraction of sp³-hybridized carbons (Fsp3) is 0.583. The molecule has 0 fully saturated rings. The zero-order valence-corrected chi connectivity index (χ0v) is 12.1. The van der Waals surface area contributed by atoms with E-state index in [0.29, 0.717) is 18.2 Å². The zero-order valence-electron chi connectivity index (χ0n) is 11.3. The molecule has 1 aliphatic rings. The van der Waals surface area contributed by atoms with E-state index in [1.165, 1.54) is 4.68 Å². The molecule has 1 aromatic rings. The van der Waals surface area contributed by atoms with Crippen LogP contribution in [0.2, 0.25) is 0 Å². The summed E-state index contributed by atoms with van der Waals surface area (Å²) in [7, 11) is -1.91. The van der Waals surface area contributed by atoms with Crippen LogP contribution >= 0.6 is 0 Å². The molecule has 0 spiro atoms. The SMILES string of the molecule is Cc1c(S(=O)(=O)NCC2CC=CCC2)c(N)nn1C. The van der Waals surface area contributed by atoms with Gasteiger partial charge in [0, 0.05) is 13.6 Å². The molecule has 0 aromatic carbocycles. The lowest BCUT2D eigenvalue weighted by Crippen LogP contribution is -2.30. The van der Waals surface area contributed by atoms with Crippen LogP contribution in [0.1, 0.15) is 25.0 Å². The molecular weight excluding hydrogens is 264 g/mol. The summed E-state index contributed by atoms with van der Waals surface area (Å²) < 4.78 is 28.7. The summed E-state index contributed by atoms with van der Waals surface area (Å²) in [6, 6.07) is 0. The first-order valence-electron chi connectivity index (χ1n) is 6.35. The molecule has 0 bridgehead atoms. The largest absolute Gasteiger partial charge is 0.381 e. The van der Waals surface area contributed by atoms with Gasteiger partial charge < -0.3 is 5.73 Å². The maximum atomic E-state index is 12.3. The Morgan fingerprint density at radius 1 is 1.53 bits per heavy atom. The molecule has 3 N–H and O–H groups in total. The number of hydrogen-bond donors (Lipinski definition) is 2. The van der Waals surface area contributed by atoms with E-state index in [4.69, 9.17) is 5.73 Å². The zero-order chi connectivity index (χ0) is 14.0. The number of nitrogen functional groups attached to an aromatic ring is 1. The molecule has 7 heteroatoms. The van der Waals surface area contributed by atoms with Crippen LogP contribution in [-0.4, -0.2) is 24.7 Å². The molecular formula is C12H20N4O2S. The molecule has 0 radical (unpaired) electrons. The number of nitrogens with one attached hydrogen (secondary N) is 1. The molecule has 19 heavy (non-hydrogen) atoms. The Labute approximate surface area is 113 Å². The highest BCUT2D eigenvalue weighted by molar-refractivity contribution is 7.89. The highest BCUT2D eigenvalue weighted by atomic mass is 32.2. The quantitative estimate of drug-likeness (QED) is 0.805. The third kappa shape index (κ3) is 2.98. The lowest BCUT2D eigenvalue weighted by molar-refractivity contribution is 0.468. The topological polar surface area (TPSA) is 90.0 Å². The first kappa shape index (κ1) is 14.1. The fourth-order valence-corrected chi connectivity index (χ4v) is 3.72. The van der Waals surface area contributed by atoms with Crippen molar-refractivity contribution in [2.75, 3.05) is 12.3 Å². The average molecular weight is 284 g/mol. The van der Waals surface area contributed by atoms with Crippen molar-refractivity contribution in [3.05, 3.63) is 17.8 Å². The molecule has 2 rings (SSSR count). The van der Waals surface area contributed by atoms with Gasteiger partial charge in [-0.2, -0.15) is 5.10 Å². The Kier molecular flexibility index (Phi) is 3.96. The minimum Gasteiger partial charge on any atom is -0.381 e. The number of aromatic nitrogens is 2. The van der Waals surface area contributed by atoms with Crippen LogP contribution in [0.25, 0.3) is 0 Å². The lowest BCUT2D eigenvalue weighted by Gasteiger charge is -2.18. The predicted molar refractivity (Wildman–Crippen MR) is 74.0 cm³/mol. The molecule has 0 saturated heterocycles. The van der Waals surface area contributed by atoms with Gasteiger partial charge in [-0.05, 0) is 32.1 Å². The molecule has 1 aliphatic carbocycles. The first-order chi connectivity index (χ1) is 8.92. The Morgan fingerprint density at radius 3 is 2.79 bits per heavy atom. The maximum Gasteiger partial charge on any atom is 0.246 e. The van der Waals surface area contributed by atoms with Gasteiger partial charge in [-0.3, -0.25) is 4.68 Å². The summed E-state index contributed by atoms with van der Waals surface area (Å²) in [5.41, 5.74) is 6.22. The van der Waals surface area contributed by atoms with E-state index in [-0.39, 0.29) is 10.7 Å². The van der Waals surface area contributed by atoms with E-state index in [1.54, 1.807) is 14.0 Å². The smallest absolute Gasteiger partial charge is 0.246 e. The van der Waals surface area contributed by atoms with Gasteiger partial charge in [-0.1, -0.05) is 12.2 Å². The molecule has 0 aliphatic heterocycles. The molecule has 1 aromatic heterocycles. The second-order valence-corrected chi connectivity index (χ2v) is 6.63. The highest BCUT2D eigenvalue weighted by Crippen LogP contribution is 2.22. The van der Waals surface area contributed by atoms with Crippen molar-refractivity contribution in [1.29, 1.82) is 0 Å². The minimum absolute atomic E-state index is 0.0519. The molecule has 0 amide bonds. The number of anilines is 1. The molecule has 6 nitrogen and oxygen atoms in total. The summed E-state index contributed by atoms with van der Waals surface area (Å²) >= 11 is 0. The molecule has 1 heterocycles. The summed E-state index contributed by atoms with van der Waals surface area (Å²) in [4.78, 5) is 0.0985. The van der Waals surface area contributed by atoms with Crippen LogP contribution in [0.4, 0.5) is 5.82 Å². The van der Waals surface area contributed by atoms with Crippen molar-refractivity contribution in [3.63, 3.8) is 0 Å². The minimum atomic E-state index is -3.58. The van der Waals surface area contributed by atoms with Crippen LogP contribution in [0.3, 0.4) is 0 Å². The van der Waals surface area contributed by atoms with E-state index in [2.05, 4.69) is 22.0 Å². The van der Waals surface area contributed by atoms with Gasteiger partial charge in [0.1, 0.15) is 4.90 Å². The summed E-state index contributed by atoms with van der Waals surface area (Å²) in [5, 5.41) is 3.94. The van der Waals surface area contributed by atoms with Crippen LogP contribution in [-0.2, 0) is 17.1 Å². The highest BCUT2D eigenvalue weighted by Gasteiger charge is 2.25. The van der Waals surface area contributed by atoms with Gasteiger partial charge in [0.25, 0.3) is 0 Å². The van der Waals surface area contributed by atoms with Gasteiger partial charge in [0.05, 0.1) is 5.69 Å². The molecule has 106 valence electrons. The average Bonchev–Trinajstić information content (AvgIpc) is 2.63. The maximum absolute atomic E-state index is 12.3. The van der Waals surface area contributed by atoms with Crippen LogP contribution in [0.15, 0.2) is 17.0 Å². The second kappa shape index (κ2) is 5.34. The first-order valence-corrected chi connectivity index (χ1v) is 7.84. The normalized spacial score (nSPS) is 19.8. The van der Waals surface area contributed by atoms with Crippen molar-refractivity contribution in [3.8, 4) is 0 Å². The van der Waals surface area contributed by atoms with Gasteiger partial charge >= 0.3 is 0 Å². The van der Waals surface area contributed by atoms with E-state index in [1.807, 2.05) is 0 Å². The van der Waals surface area contributed by atoms with E-state index in [0.717, 1.165) is 19.3 Å². The van der Waals surface area contributed by atoms with Crippen LogP contribution < -0.4 is 10.5 Å². The van der Waals surface area contributed by atoms with Crippen molar-refractivity contribution in [2.24, 2.45) is 13.0 Å². The van der Waals surface area contributed by atoms with E-state index in [9.17, 15) is 8.42 Å². The standard InChI is InChI=1S/C12H20N4O2S/c1-9-11(12(13)15-16(9)2)19(17,18)14-8-10-6-4-3-5-7-10/h3-4,10,14H,5-8H2,1-2H3,(H2,13,15). The van der Waals surface area contributed by atoms with Crippen LogP contribution in [0, 0.1) is 12.8 Å². The molecule has 1 unspecified atom stereocenters. The van der Waals surface area contributed by atoms with Crippen molar-refractivity contribution < 1.29 is 8.42 Å². The Bertz CT molecular complexity index is 589. The van der Waals surface area contributed by atoms with E-state index >= 15 is 0 Å². The molecule has 1 atom stereocenters. The third-order valence-electron chi connectivity index (χ3n) is 3.51. The number of allylic oxidation sites excluding steroid dienone is 2. The van der Waals surface area contributed by atoms with Gasteiger partial charge in [-0.15, -0.1) is 0 Å². The monoisotopic (exact) mass is 284 g/mol. The van der Waals surface area contributed by atoms with Gasteiger partial charge in [0.15, 0.2) is 5.82 Å². The van der Waals surface area contributed by atoms with Gasteiger partial charge in [-0.25, -0.2) is 13.1 Å². The van der Waals surface area contributed by atoms with E-state index < -0.39 is 10.0 Å². The number of sulfonamides is 1. The third-order valence-corrected chi connectivity index (χ3v) is 5.10. The van der Waals surface area contributed by atoms with Crippen molar-refractivity contribution >= 4 is 15.8 Å². The van der Waals surface area contributed by atoms with Gasteiger partial charge in [0.2, 0.25) is 10.0 Å². The Balaban J connectivity index is 2.12. The summed E-state index contributed by atoms with van der Waals surface area (Å²) in [5.74, 6) is 0.411. The van der Waals surface area contributed by atoms with Crippen molar-refractivity contribution in [2.45, 2.75) is 31.1 Å². The Hall–Kier alpha value is -1.34. The summed E-state index contributed by atoms with van der Waals surface area (Å²) in [6.07, 6.45) is 7.19. The number of rotatable bonds is 4. The number of nitrogens with zero attached hydrogens (tertiary/aromatic N) is 2. The summed E-state index contributed by atoms with van der Waals surface area (Å²) in [6.45, 7) is 2.14. The lowest BCUT2D eigenvalue weighted by atomic mass is 9.95. The number of aryl methyl sites for hydroxylation is 1. The number of nitrogens with two attached hydrogens (primary N) is 1. The number of hydrogen-bond acceptors (Lipinski definition) is 4. The predicted octanol–water partition coefficient (Wildman–Crippen LogP) is 0.945. The van der Waals surface area contributed by atoms with Crippen molar-refractivity contribution in [1.82, 2.24) is 14.5 Å². The second-order valence-electron chi connectivity index (χ2n) is 4.93. The molecule has 0 saturated carbocycles. The Morgan fingerprint density at radius 2 is 2.26 bits per heavy atom.